The van der Waals surface area contributed by atoms with Gasteiger partial charge in [0.15, 0.2) is 10.9 Å². The van der Waals surface area contributed by atoms with E-state index in [4.69, 9.17) is 11.6 Å². The Hall–Kier alpha value is -2.96. The second-order valence-electron chi connectivity index (χ2n) is 7.44. The van der Waals surface area contributed by atoms with Gasteiger partial charge in [-0.1, -0.05) is 28.6 Å². The molecule has 1 unspecified atom stereocenters. The van der Waals surface area contributed by atoms with Crippen molar-refractivity contribution in [2.75, 3.05) is 6.26 Å². The number of amides is 1. The van der Waals surface area contributed by atoms with Crippen LogP contribution in [0.25, 0.3) is 0 Å². The van der Waals surface area contributed by atoms with Crippen LogP contribution in [0.3, 0.4) is 0 Å². The third kappa shape index (κ3) is 4.55. The molecule has 1 saturated carbocycles. The Kier molecular flexibility index (Phi) is 6.20. The number of benzene rings is 1. The summed E-state index contributed by atoms with van der Waals surface area (Å²) < 4.78 is 1.63. The van der Waals surface area contributed by atoms with E-state index in [1.54, 1.807) is 35.4 Å². The van der Waals surface area contributed by atoms with Crippen LogP contribution in [-0.4, -0.2) is 43.2 Å². The van der Waals surface area contributed by atoms with E-state index in [0.29, 0.717) is 15.7 Å². The van der Waals surface area contributed by atoms with Crippen molar-refractivity contribution in [2.45, 2.75) is 42.9 Å². The van der Waals surface area contributed by atoms with Crippen LogP contribution in [0.4, 0.5) is 0 Å². The Morgan fingerprint density at radius 2 is 2.10 bits per heavy atom. The first-order chi connectivity index (χ1) is 15.0. The zero-order valence-electron chi connectivity index (χ0n) is 17.0. The van der Waals surface area contributed by atoms with Crippen molar-refractivity contribution in [3.05, 3.63) is 64.2 Å². The summed E-state index contributed by atoms with van der Waals surface area (Å²) in [6.45, 7) is 1.95. The van der Waals surface area contributed by atoms with E-state index in [9.17, 15) is 10.1 Å². The van der Waals surface area contributed by atoms with Crippen LogP contribution < -0.4 is 5.32 Å². The van der Waals surface area contributed by atoms with E-state index < -0.39 is 0 Å². The fourth-order valence-corrected chi connectivity index (χ4v) is 4.09. The van der Waals surface area contributed by atoms with Gasteiger partial charge in [0.25, 0.3) is 5.91 Å². The third-order valence-electron chi connectivity index (χ3n) is 5.50. The Morgan fingerprint density at radius 3 is 2.77 bits per heavy atom. The average Bonchev–Trinajstić information content (AvgIpc) is 3.26. The lowest BCUT2D eigenvalue weighted by molar-refractivity contribution is 0.0903. The second kappa shape index (κ2) is 9.04. The molecule has 2 aromatic heterocycles. The Bertz CT molecular complexity index is 1140. The quantitative estimate of drug-likeness (QED) is 0.448. The molecule has 1 N–H and O–H groups in total. The number of rotatable bonds is 6. The molecule has 8 nitrogen and oxygen atoms in total. The molecule has 0 aliphatic heterocycles. The van der Waals surface area contributed by atoms with E-state index in [-0.39, 0.29) is 29.6 Å². The number of carbonyl (C=O) groups is 1. The van der Waals surface area contributed by atoms with Gasteiger partial charge in [-0.05, 0) is 55.7 Å². The maximum absolute atomic E-state index is 12.6. The predicted octanol–water partition coefficient (Wildman–Crippen LogP) is 3.60. The molecule has 1 amide bonds. The van der Waals surface area contributed by atoms with Crippen molar-refractivity contribution in [1.82, 2.24) is 30.3 Å². The molecule has 1 aliphatic carbocycles. The summed E-state index contributed by atoms with van der Waals surface area (Å²) in [5.41, 5.74) is 2.71. The molecule has 0 bridgehead atoms. The first-order valence-corrected chi connectivity index (χ1v) is 11.4. The van der Waals surface area contributed by atoms with Crippen molar-refractivity contribution >= 4 is 29.3 Å². The summed E-state index contributed by atoms with van der Waals surface area (Å²) >= 11 is 7.56. The van der Waals surface area contributed by atoms with Crippen molar-refractivity contribution in [3.8, 4) is 6.07 Å². The minimum Gasteiger partial charge on any atom is -0.348 e. The van der Waals surface area contributed by atoms with Gasteiger partial charge in [-0.3, -0.25) is 4.79 Å². The molecule has 31 heavy (non-hydrogen) atoms. The topological polar surface area (TPSA) is 109 Å². The molecule has 1 fully saturated rings. The Morgan fingerprint density at radius 1 is 1.35 bits per heavy atom. The SMILES string of the molecule is CSc1ncc(C(C)n2cc(C(=O)N[C@H]3C[C@@H](c4cc(Cl)ccc4C#N)C3)nn2)cn1. The minimum atomic E-state index is -0.262. The van der Waals surface area contributed by atoms with E-state index >= 15 is 0 Å². The fourth-order valence-electron chi connectivity index (χ4n) is 3.59. The number of thioether (sulfide) groups is 1. The Balaban J connectivity index is 1.36. The number of nitrogens with one attached hydrogen (secondary N) is 1. The van der Waals surface area contributed by atoms with Crippen LogP contribution in [0, 0.1) is 11.3 Å². The van der Waals surface area contributed by atoms with Crippen molar-refractivity contribution in [3.63, 3.8) is 0 Å². The lowest BCUT2D eigenvalue weighted by atomic mass is 9.74. The third-order valence-corrected chi connectivity index (χ3v) is 6.31. The molecule has 0 spiro atoms. The van der Waals surface area contributed by atoms with Gasteiger partial charge in [0, 0.05) is 29.0 Å². The van der Waals surface area contributed by atoms with Gasteiger partial charge in [0.1, 0.15) is 0 Å². The summed E-state index contributed by atoms with van der Waals surface area (Å²) in [7, 11) is 0. The zero-order chi connectivity index (χ0) is 22.0. The summed E-state index contributed by atoms with van der Waals surface area (Å²) in [5.74, 6) is -0.0545. The summed E-state index contributed by atoms with van der Waals surface area (Å²) in [6.07, 6.45) is 8.57. The maximum atomic E-state index is 12.6. The van der Waals surface area contributed by atoms with Crippen LogP contribution in [0.2, 0.25) is 5.02 Å². The minimum absolute atomic E-state index is 0.0260. The zero-order valence-corrected chi connectivity index (χ0v) is 18.6. The standard InChI is InChI=1S/C21H20ClN7OS/c1-12(15-9-24-21(31-2)25-10-15)29-11-19(27-28-29)20(30)26-17-5-14(6-17)18-7-16(22)4-3-13(18)8-23/h3-4,7,9-12,14,17H,5-6H2,1-2H3,(H,26,30)/t12?,14-,17+. The van der Waals surface area contributed by atoms with Gasteiger partial charge in [0.2, 0.25) is 0 Å². The summed E-state index contributed by atoms with van der Waals surface area (Å²) in [6, 6.07) is 7.38. The van der Waals surface area contributed by atoms with Gasteiger partial charge in [-0.25, -0.2) is 14.6 Å². The molecular formula is C21H20ClN7OS. The first kappa shape index (κ1) is 21.3. The lowest BCUT2D eigenvalue weighted by Gasteiger charge is -2.36. The van der Waals surface area contributed by atoms with E-state index in [1.165, 1.54) is 11.8 Å². The summed E-state index contributed by atoms with van der Waals surface area (Å²) in [5, 5.41) is 21.7. The number of aromatic nitrogens is 5. The summed E-state index contributed by atoms with van der Waals surface area (Å²) in [4.78, 5) is 21.1. The van der Waals surface area contributed by atoms with Crippen LogP contribution in [0.1, 0.15) is 58.9 Å². The smallest absolute Gasteiger partial charge is 0.273 e. The molecular weight excluding hydrogens is 434 g/mol. The van der Waals surface area contributed by atoms with Gasteiger partial charge >= 0.3 is 0 Å². The van der Waals surface area contributed by atoms with Crippen LogP contribution in [0.15, 0.2) is 41.9 Å². The highest BCUT2D eigenvalue weighted by Gasteiger charge is 2.33. The number of hydrogen-bond donors (Lipinski definition) is 1. The number of hydrogen-bond acceptors (Lipinski definition) is 7. The second-order valence-corrected chi connectivity index (χ2v) is 8.65. The molecule has 0 radical (unpaired) electrons. The average molecular weight is 454 g/mol. The van der Waals surface area contributed by atoms with E-state index in [2.05, 4.69) is 31.7 Å². The highest BCUT2D eigenvalue weighted by molar-refractivity contribution is 7.98. The maximum Gasteiger partial charge on any atom is 0.273 e. The van der Waals surface area contributed by atoms with Crippen LogP contribution in [-0.2, 0) is 0 Å². The molecule has 1 aliphatic rings. The number of halogens is 1. The van der Waals surface area contributed by atoms with E-state index in [0.717, 1.165) is 24.0 Å². The molecule has 3 aromatic rings. The van der Waals surface area contributed by atoms with Crippen LogP contribution in [0.5, 0.6) is 0 Å². The van der Waals surface area contributed by atoms with Gasteiger partial charge in [-0.15, -0.1) is 5.10 Å². The molecule has 10 heteroatoms. The molecule has 4 rings (SSSR count). The molecule has 1 atom stereocenters. The van der Waals surface area contributed by atoms with Gasteiger partial charge < -0.3 is 5.32 Å². The van der Waals surface area contributed by atoms with Crippen molar-refractivity contribution < 1.29 is 4.79 Å². The number of nitriles is 1. The van der Waals surface area contributed by atoms with Gasteiger partial charge in [0.05, 0.1) is 23.9 Å². The fraction of sp³-hybridized carbons (Fsp3) is 0.333. The molecule has 158 valence electrons. The number of nitrogens with zero attached hydrogens (tertiary/aromatic N) is 6. The van der Waals surface area contributed by atoms with Crippen molar-refractivity contribution in [2.24, 2.45) is 0 Å². The molecule has 2 heterocycles. The Labute approximate surface area is 189 Å². The highest BCUT2D eigenvalue weighted by Crippen LogP contribution is 2.39. The molecule has 0 saturated heterocycles. The normalized spacial score (nSPS) is 18.6. The van der Waals surface area contributed by atoms with Crippen molar-refractivity contribution in [1.29, 1.82) is 5.26 Å². The van der Waals surface area contributed by atoms with Gasteiger partial charge in [-0.2, -0.15) is 5.26 Å². The monoisotopic (exact) mass is 453 g/mol. The largest absolute Gasteiger partial charge is 0.348 e. The predicted molar refractivity (Wildman–Crippen MR) is 117 cm³/mol. The first-order valence-electron chi connectivity index (χ1n) is 9.76. The van der Waals surface area contributed by atoms with E-state index in [1.807, 2.05) is 19.2 Å². The van der Waals surface area contributed by atoms with Crippen LogP contribution >= 0.6 is 23.4 Å². The molecule has 1 aromatic carbocycles. The number of carbonyl (C=O) groups excluding carboxylic acids is 1. The highest BCUT2D eigenvalue weighted by atomic mass is 35.5. The lowest BCUT2D eigenvalue weighted by Crippen LogP contribution is -2.43.